The van der Waals surface area contributed by atoms with Crippen molar-refractivity contribution in [3.05, 3.63) is 70.8 Å². The summed E-state index contributed by atoms with van der Waals surface area (Å²) in [7, 11) is 0. The first-order valence-electron chi connectivity index (χ1n) is 15.1. The van der Waals surface area contributed by atoms with E-state index in [4.69, 9.17) is 4.74 Å². The number of amides is 3. The molecule has 3 unspecified atom stereocenters. The fourth-order valence-electron chi connectivity index (χ4n) is 5.55. The maximum atomic E-state index is 14.6. The Kier molecular flexibility index (Phi) is 11.4. The predicted octanol–water partition coefficient (Wildman–Crippen LogP) is 6.56. The number of hydrogen-bond acceptors (Lipinski definition) is 4. The molecule has 0 saturated heterocycles. The summed E-state index contributed by atoms with van der Waals surface area (Å²) in [6.07, 6.45) is 5.51. The number of carbonyl (C=O) groups excluding carboxylic acids is 3. The molecule has 7 nitrogen and oxygen atoms in total. The second kappa shape index (κ2) is 14.5. The van der Waals surface area contributed by atoms with Gasteiger partial charge in [0, 0.05) is 18.5 Å². The van der Waals surface area contributed by atoms with Crippen molar-refractivity contribution in [2.75, 3.05) is 0 Å². The second-order valence-electron chi connectivity index (χ2n) is 12.5. The standard InChI is InChI=1S/C34H49N3O4/c1-8-25(4)37(32(39)29(22-26-15-11-9-12-16-26)36-33(40)41-34(5,6)7)30(28-20-19-23(2)21-24(28)3)31(38)35-27-17-13-10-14-18-27/h9,11-12,15-16,19-21,25,27,29-30H,8,10,13-14,17-18,22H2,1-7H3,(H,35,38)(H,36,40). The van der Waals surface area contributed by atoms with Gasteiger partial charge in [-0.2, -0.15) is 0 Å². The van der Waals surface area contributed by atoms with E-state index in [2.05, 4.69) is 16.7 Å². The Bertz CT molecular complexity index is 1170. The van der Waals surface area contributed by atoms with Gasteiger partial charge in [-0.1, -0.05) is 80.3 Å². The van der Waals surface area contributed by atoms with Gasteiger partial charge in [0.05, 0.1) is 0 Å². The lowest BCUT2D eigenvalue weighted by Crippen LogP contribution is -2.56. The number of ether oxygens (including phenoxy) is 1. The minimum atomic E-state index is -0.919. The number of aryl methyl sites for hydroxylation is 2. The maximum absolute atomic E-state index is 14.6. The van der Waals surface area contributed by atoms with Crippen molar-refractivity contribution in [3.63, 3.8) is 0 Å². The van der Waals surface area contributed by atoms with Gasteiger partial charge in [0.25, 0.3) is 0 Å². The molecule has 7 heteroatoms. The number of benzene rings is 2. The predicted molar refractivity (Wildman–Crippen MR) is 164 cm³/mol. The number of carbonyl (C=O) groups is 3. The largest absolute Gasteiger partial charge is 0.444 e. The molecule has 1 aliphatic rings. The lowest BCUT2D eigenvalue weighted by molar-refractivity contribution is -0.145. The minimum Gasteiger partial charge on any atom is -0.444 e. The van der Waals surface area contributed by atoms with Crippen molar-refractivity contribution in [2.45, 2.75) is 123 Å². The van der Waals surface area contributed by atoms with Crippen LogP contribution in [0.5, 0.6) is 0 Å². The van der Waals surface area contributed by atoms with Crippen LogP contribution >= 0.6 is 0 Å². The molecule has 0 aliphatic heterocycles. The van der Waals surface area contributed by atoms with Gasteiger partial charge < -0.3 is 20.3 Å². The van der Waals surface area contributed by atoms with E-state index < -0.39 is 23.8 Å². The summed E-state index contributed by atoms with van der Waals surface area (Å²) in [5, 5.41) is 6.14. The van der Waals surface area contributed by atoms with Crippen molar-refractivity contribution in [1.82, 2.24) is 15.5 Å². The van der Waals surface area contributed by atoms with Crippen molar-refractivity contribution < 1.29 is 19.1 Å². The monoisotopic (exact) mass is 563 g/mol. The van der Waals surface area contributed by atoms with E-state index in [1.54, 1.807) is 25.7 Å². The number of hydrogen-bond donors (Lipinski definition) is 2. The molecule has 3 amide bonds. The molecule has 1 fully saturated rings. The minimum absolute atomic E-state index is 0.0957. The van der Waals surface area contributed by atoms with Crippen LogP contribution in [0.4, 0.5) is 4.79 Å². The van der Waals surface area contributed by atoms with Gasteiger partial charge in [-0.3, -0.25) is 9.59 Å². The van der Waals surface area contributed by atoms with Crippen LogP contribution in [0, 0.1) is 13.8 Å². The summed E-state index contributed by atoms with van der Waals surface area (Å²) in [6, 6.07) is 13.7. The molecule has 0 spiro atoms. The smallest absolute Gasteiger partial charge is 0.408 e. The van der Waals surface area contributed by atoms with Crippen LogP contribution in [0.1, 0.15) is 101 Å². The van der Waals surface area contributed by atoms with E-state index in [-0.39, 0.29) is 30.3 Å². The third-order valence-corrected chi connectivity index (χ3v) is 7.79. The van der Waals surface area contributed by atoms with Gasteiger partial charge in [-0.05, 0) is 77.5 Å². The first-order chi connectivity index (χ1) is 19.4. The molecule has 2 N–H and O–H groups in total. The van der Waals surface area contributed by atoms with E-state index in [0.717, 1.165) is 47.9 Å². The summed E-state index contributed by atoms with van der Waals surface area (Å²) in [4.78, 5) is 43.5. The van der Waals surface area contributed by atoms with Crippen LogP contribution < -0.4 is 10.6 Å². The molecule has 2 aromatic rings. The molecule has 1 saturated carbocycles. The molecule has 3 rings (SSSR count). The Morgan fingerprint density at radius 1 is 1.00 bits per heavy atom. The molecule has 1 aliphatic carbocycles. The SMILES string of the molecule is CCC(C)N(C(=O)C(Cc1ccccc1)NC(=O)OC(C)(C)C)C(C(=O)NC1CCCCC1)c1ccc(C)cc1C. The molecular weight excluding hydrogens is 514 g/mol. The van der Waals surface area contributed by atoms with Crippen molar-refractivity contribution in [1.29, 1.82) is 0 Å². The van der Waals surface area contributed by atoms with E-state index in [9.17, 15) is 14.4 Å². The zero-order chi connectivity index (χ0) is 30.2. The topological polar surface area (TPSA) is 87.7 Å². The maximum Gasteiger partial charge on any atom is 0.408 e. The van der Waals surface area contributed by atoms with E-state index in [1.165, 1.54) is 6.42 Å². The summed E-state index contributed by atoms with van der Waals surface area (Å²) >= 11 is 0. The number of nitrogens with one attached hydrogen (secondary N) is 2. The van der Waals surface area contributed by atoms with Gasteiger partial charge >= 0.3 is 6.09 Å². The molecule has 0 radical (unpaired) electrons. The second-order valence-corrected chi connectivity index (χ2v) is 12.5. The highest BCUT2D eigenvalue weighted by Crippen LogP contribution is 2.30. The van der Waals surface area contributed by atoms with Gasteiger partial charge in [0.15, 0.2) is 0 Å². The van der Waals surface area contributed by atoms with E-state index in [1.807, 2.05) is 70.2 Å². The van der Waals surface area contributed by atoms with Crippen molar-refractivity contribution >= 4 is 17.9 Å². The molecule has 0 heterocycles. The zero-order valence-electron chi connectivity index (χ0n) is 26.0. The molecule has 0 aromatic heterocycles. The highest BCUT2D eigenvalue weighted by molar-refractivity contribution is 5.93. The Morgan fingerprint density at radius 2 is 1.66 bits per heavy atom. The number of nitrogens with zero attached hydrogens (tertiary/aromatic N) is 1. The van der Waals surface area contributed by atoms with Crippen LogP contribution in [0.2, 0.25) is 0 Å². The molecule has 0 bridgehead atoms. The third kappa shape index (κ3) is 9.34. The molecule has 2 aromatic carbocycles. The Morgan fingerprint density at radius 3 is 2.24 bits per heavy atom. The number of rotatable bonds is 10. The van der Waals surface area contributed by atoms with E-state index in [0.29, 0.717) is 6.42 Å². The molecule has 41 heavy (non-hydrogen) atoms. The average molecular weight is 564 g/mol. The lowest BCUT2D eigenvalue weighted by atomic mass is 9.92. The summed E-state index contributed by atoms with van der Waals surface area (Å²) in [5.74, 6) is -0.480. The molecular formula is C34H49N3O4. The van der Waals surface area contributed by atoms with Crippen LogP contribution in [0.25, 0.3) is 0 Å². The highest BCUT2D eigenvalue weighted by atomic mass is 16.6. The van der Waals surface area contributed by atoms with Crippen LogP contribution in [0.15, 0.2) is 48.5 Å². The average Bonchev–Trinajstić information content (AvgIpc) is 2.91. The molecule has 3 atom stereocenters. The summed E-state index contributed by atoms with van der Waals surface area (Å²) in [5.41, 5.74) is 3.03. The highest BCUT2D eigenvalue weighted by Gasteiger charge is 2.39. The van der Waals surface area contributed by atoms with Crippen molar-refractivity contribution in [3.8, 4) is 0 Å². The van der Waals surface area contributed by atoms with E-state index >= 15 is 0 Å². The quantitative estimate of drug-likeness (QED) is 0.343. The molecule has 224 valence electrons. The Balaban J connectivity index is 2.06. The Labute approximate surface area is 246 Å². The van der Waals surface area contributed by atoms with Crippen LogP contribution in [0.3, 0.4) is 0 Å². The fraction of sp³-hybridized carbons (Fsp3) is 0.559. The summed E-state index contributed by atoms with van der Waals surface area (Å²) < 4.78 is 5.55. The van der Waals surface area contributed by atoms with Crippen LogP contribution in [-0.2, 0) is 20.7 Å². The van der Waals surface area contributed by atoms with Gasteiger partial charge in [-0.25, -0.2) is 4.79 Å². The number of alkyl carbamates (subject to hydrolysis) is 1. The van der Waals surface area contributed by atoms with Gasteiger partial charge in [-0.15, -0.1) is 0 Å². The summed E-state index contributed by atoms with van der Waals surface area (Å²) in [6.45, 7) is 13.4. The van der Waals surface area contributed by atoms with Gasteiger partial charge in [0.1, 0.15) is 17.7 Å². The normalized spacial score (nSPS) is 16.3. The third-order valence-electron chi connectivity index (χ3n) is 7.79. The van der Waals surface area contributed by atoms with Crippen LogP contribution in [-0.4, -0.2) is 46.5 Å². The first-order valence-corrected chi connectivity index (χ1v) is 15.1. The zero-order valence-corrected chi connectivity index (χ0v) is 26.0. The fourth-order valence-corrected chi connectivity index (χ4v) is 5.55. The lowest BCUT2D eigenvalue weighted by Gasteiger charge is -2.39. The Hall–Kier alpha value is -3.35. The van der Waals surface area contributed by atoms with Gasteiger partial charge in [0.2, 0.25) is 11.8 Å². The first kappa shape index (κ1) is 32.2. The van der Waals surface area contributed by atoms with Crippen molar-refractivity contribution in [2.24, 2.45) is 0 Å².